The third-order valence-corrected chi connectivity index (χ3v) is 7.09. The van der Waals surface area contributed by atoms with Crippen molar-refractivity contribution < 1.29 is 18.7 Å². The van der Waals surface area contributed by atoms with Crippen molar-refractivity contribution in [3.05, 3.63) is 89.4 Å². The number of piperazine rings is 1. The zero-order valence-electron chi connectivity index (χ0n) is 22.4. The Morgan fingerprint density at radius 3 is 2.47 bits per heavy atom. The first-order valence-electron chi connectivity index (χ1n) is 13.2. The molecule has 5 rings (SSSR count). The van der Waals surface area contributed by atoms with Crippen LogP contribution >= 0.6 is 0 Å². The van der Waals surface area contributed by atoms with Gasteiger partial charge in [-0.05, 0) is 40.8 Å². The number of hydrogen-bond donors (Lipinski definition) is 0. The number of benzene rings is 2. The van der Waals surface area contributed by atoms with Crippen LogP contribution in [0.3, 0.4) is 0 Å². The Kier molecular flexibility index (Phi) is 7.38. The molecule has 1 aromatic heterocycles. The van der Waals surface area contributed by atoms with E-state index in [1.807, 2.05) is 41.3 Å². The molecule has 3 heterocycles. The molecule has 0 atom stereocenters. The average molecular weight is 514 g/mol. The van der Waals surface area contributed by atoms with Crippen LogP contribution in [0.15, 0.2) is 71.2 Å². The number of fused-ring (bicyclic) bond motifs is 1. The molecule has 2 aliphatic rings. The van der Waals surface area contributed by atoms with E-state index in [1.54, 1.807) is 17.0 Å². The van der Waals surface area contributed by atoms with Crippen molar-refractivity contribution >= 4 is 23.6 Å². The van der Waals surface area contributed by atoms with Gasteiger partial charge in [0.05, 0.1) is 12.2 Å². The summed E-state index contributed by atoms with van der Waals surface area (Å²) in [6.07, 6.45) is 4.30. The van der Waals surface area contributed by atoms with E-state index in [-0.39, 0.29) is 30.4 Å². The van der Waals surface area contributed by atoms with E-state index in [2.05, 4.69) is 50.0 Å². The Labute approximate surface area is 224 Å². The van der Waals surface area contributed by atoms with E-state index in [4.69, 9.17) is 9.15 Å². The third kappa shape index (κ3) is 5.83. The molecule has 0 bridgehead atoms. The van der Waals surface area contributed by atoms with Gasteiger partial charge in [-0.3, -0.25) is 19.4 Å². The highest BCUT2D eigenvalue weighted by molar-refractivity contribution is 5.98. The quantitative estimate of drug-likeness (QED) is 0.466. The zero-order chi connectivity index (χ0) is 26.7. The molecule has 0 spiro atoms. The highest BCUT2D eigenvalue weighted by Crippen LogP contribution is 2.37. The van der Waals surface area contributed by atoms with Gasteiger partial charge < -0.3 is 14.1 Å². The Morgan fingerprint density at radius 2 is 1.74 bits per heavy atom. The number of furan rings is 1. The van der Waals surface area contributed by atoms with Crippen LogP contribution in [0, 0.1) is 0 Å². The fourth-order valence-corrected chi connectivity index (χ4v) is 4.77. The standard InChI is InChI=1S/C31H35N3O4/c1-31(2,3)24-11-13-27-26(20-24)34(29(35)22-37-27)21-25-12-14-28(38-25)30(36)33-18-16-32(17-19-33)15-7-10-23-8-5-4-6-9-23/h4-14,20H,15-19,21-22H2,1-3H3. The predicted octanol–water partition coefficient (Wildman–Crippen LogP) is 4.97. The molecule has 198 valence electrons. The summed E-state index contributed by atoms with van der Waals surface area (Å²) in [5.74, 6) is 1.31. The number of amides is 2. The van der Waals surface area contributed by atoms with Crippen molar-refractivity contribution in [2.45, 2.75) is 32.7 Å². The summed E-state index contributed by atoms with van der Waals surface area (Å²) in [4.78, 5) is 31.8. The fraction of sp³-hybridized carbons (Fsp3) is 0.355. The van der Waals surface area contributed by atoms with Gasteiger partial charge in [-0.1, -0.05) is 69.3 Å². The largest absolute Gasteiger partial charge is 0.482 e. The lowest BCUT2D eigenvalue weighted by molar-refractivity contribution is -0.121. The van der Waals surface area contributed by atoms with Crippen LogP contribution in [-0.4, -0.2) is 60.9 Å². The maximum Gasteiger partial charge on any atom is 0.289 e. The van der Waals surface area contributed by atoms with Gasteiger partial charge in [-0.2, -0.15) is 0 Å². The van der Waals surface area contributed by atoms with Gasteiger partial charge in [-0.15, -0.1) is 0 Å². The number of carbonyl (C=O) groups excluding carboxylic acids is 2. The van der Waals surface area contributed by atoms with E-state index in [9.17, 15) is 9.59 Å². The van der Waals surface area contributed by atoms with E-state index in [1.165, 1.54) is 5.56 Å². The first-order chi connectivity index (χ1) is 18.3. The fourth-order valence-electron chi connectivity index (χ4n) is 4.77. The lowest BCUT2D eigenvalue weighted by Gasteiger charge is -2.33. The van der Waals surface area contributed by atoms with Crippen molar-refractivity contribution in [3.8, 4) is 5.75 Å². The van der Waals surface area contributed by atoms with Gasteiger partial charge in [0, 0.05) is 32.7 Å². The smallest absolute Gasteiger partial charge is 0.289 e. The van der Waals surface area contributed by atoms with Crippen molar-refractivity contribution in [2.75, 3.05) is 44.2 Å². The summed E-state index contributed by atoms with van der Waals surface area (Å²) in [5, 5.41) is 0. The summed E-state index contributed by atoms with van der Waals surface area (Å²) in [6, 6.07) is 19.7. The maximum absolute atomic E-state index is 13.1. The Balaban J connectivity index is 1.19. The highest BCUT2D eigenvalue weighted by atomic mass is 16.5. The van der Waals surface area contributed by atoms with Crippen molar-refractivity contribution in [1.29, 1.82) is 0 Å². The molecule has 0 N–H and O–H groups in total. The summed E-state index contributed by atoms with van der Waals surface area (Å²) in [6.45, 7) is 10.4. The Bertz CT molecular complexity index is 1310. The highest BCUT2D eigenvalue weighted by Gasteiger charge is 2.29. The molecule has 7 nitrogen and oxygen atoms in total. The lowest BCUT2D eigenvalue weighted by Crippen LogP contribution is -2.48. The monoisotopic (exact) mass is 513 g/mol. The second-order valence-corrected chi connectivity index (χ2v) is 10.9. The molecule has 2 amide bonds. The molecular formula is C31H35N3O4. The summed E-state index contributed by atoms with van der Waals surface area (Å²) in [7, 11) is 0. The summed E-state index contributed by atoms with van der Waals surface area (Å²) >= 11 is 0. The van der Waals surface area contributed by atoms with Crippen molar-refractivity contribution in [3.63, 3.8) is 0 Å². The van der Waals surface area contributed by atoms with Crippen LogP contribution in [0.2, 0.25) is 0 Å². The number of carbonyl (C=O) groups is 2. The molecule has 2 aromatic carbocycles. The number of anilines is 1. The summed E-state index contributed by atoms with van der Waals surface area (Å²) in [5.41, 5.74) is 2.97. The van der Waals surface area contributed by atoms with E-state index < -0.39 is 0 Å². The third-order valence-electron chi connectivity index (χ3n) is 7.09. The van der Waals surface area contributed by atoms with Gasteiger partial charge in [-0.25, -0.2) is 0 Å². The van der Waals surface area contributed by atoms with Gasteiger partial charge in [0.15, 0.2) is 12.4 Å². The van der Waals surface area contributed by atoms with Crippen LogP contribution in [0.25, 0.3) is 6.08 Å². The van der Waals surface area contributed by atoms with Gasteiger partial charge in [0.2, 0.25) is 0 Å². The lowest BCUT2D eigenvalue weighted by atomic mass is 9.86. The Morgan fingerprint density at radius 1 is 0.974 bits per heavy atom. The minimum absolute atomic E-state index is 0.0147. The van der Waals surface area contributed by atoms with Crippen LogP contribution < -0.4 is 9.64 Å². The number of rotatable bonds is 6. The van der Waals surface area contributed by atoms with E-state index in [0.29, 0.717) is 30.4 Å². The molecule has 1 saturated heterocycles. The second-order valence-electron chi connectivity index (χ2n) is 10.9. The molecule has 1 fully saturated rings. The number of hydrogen-bond acceptors (Lipinski definition) is 5. The van der Waals surface area contributed by atoms with Crippen LogP contribution in [0.4, 0.5) is 5.69 Å². The number of ether oxygens (including phenoxy) is 1. The molecule has 3 aromatic rings. The van der Waals surface area contributed by atoms with Crippen molar-refractivity contribution in [1.82, 2.24) is 9.80 Å². The molecule has 7 heteroatoms. The predicted molar refractivity (Wildman–Crippen MR) is 148 cm³/mol. The zero-order valence-corrected chi connectivity index (χ0v) is 22.4. The molecule has 0 saturated carbocycles. The molecule has 0 radical (unpaired) electrons. The first-order valence-corrected chi connectivity index (χ1v) is 13.2. The average Bonchev–Trinajstić information content (AvgIpc) is 3.39. The van der Waals surface area contributed by atoms with Gasteiger partial charge in [0.25, 0.3) is 11.8 Å². The SMILES string of the molecule is CC(C)(C)c1ccc2c(c1)N(Cc1ccc(C(=O)N3CCN(CC=Cc4ccccc4)CC3)o1)C(=O)CO2. The second kappa shape index (κ2) is 10.9. The van der Waals surface area contributed by atoms with Gasteiger partial charge >= 0.3 is 0 Å². The minimum atomic E-state index is -0.134. The molecule has 0 aliphatic carbocycles. The Hall–Kier alpha value is -3.84. The summed E-state index contributed by atoms with van der Waals surface area (Å²) < 4.78 is 11.6. The first kappa shape index (κ1) is 25.8. The molecule has 38 heavy (non-hydrogen) atoms. The molecule has 2 aliphatic heterocycles. The number of nitrogens with zero attached hydrogens (tertiary/aromatic N) is 3. The van der Waals surface area contributed by atoms with E-state index >= 15 is 0 Å². The minimum Gasteiger partial charge on any atom is -0.482 e. The molecule has 0 unspecified atom stereocenters. The molecular weight excluding hydrogens is 478 g/mol. The van der Waals surface area contributed by atoms with E-state index in [0.717, 1.165) is 30.9 Å². The van der Waals surface area contributed by atoms with Crippen LogP contribution in [-0.2, 0) is 16.8 Å². The van der Waals surface area contributed by atoms with Gasteiger partial charge in [0.1, 0.15) is 11.5 Å². The maximum atomic E-state index is 13.1. The topological polar surface area (TPSA) is 66.2 Å². The normalized spacial score (nSPS) is 16.6. The van der Waals surface area contributed by atoms with Crippen LogP contribution in [0.5, 0.6) is 5.75 Å². The van der Waals surface area contributed by atoms with Crippen LogP contribution in [0.1, 0.15) is 48.2 Å². The van der Waals surface area contributed by atoms with Crippen molar-refractivity contribution in [2.24, 2.45) is 0 Å².